The third-order valence-corrected chi connectivity index (χ3v) is 3.07. The number of carbonyl (C=O) groups is 2. The Balaban J connectivity index is 2.94. The van der Waals surface area contributed by atoms with Crippen molar-refractivity contribution in [1.82, 2.24) is 4.90 Å². The number of carbonyl (C=O) groups excluding carboxylic acids is 1. The Bertz CT molecular complexity index is 288. The van der Waals surface area contributed by atoms with Crippen LogP contribution in [0.5, 0.6) is 0 Å². The van der Waals surface area contributed by atoms with Crippen molar-refractivity contribution in [1.29, 1.82) is 0 Å². The van der Waals surface area contributed by atoms with Crippen LogP contribution in [0, 0.1) is 5.92 Å². The summed E-state index contributed by atoms with van der Waals surface area (Å²) >= 11 is 0. The SMILES string of the molecule is C=C[C@H]1C(C(=O)O)C[C@H](C(C)=O)N1CC. The number of likely N-dealkylation sites (tertiary alicyclic amines) is 1. The average Bonchev–Trinajstić information content (AvgIpc) is 2.55. The molecule has 0 radical (unpaired) electrons. The normalized spacial score (nSPS) is 31.5. The van der Waals surface area contributed by atoms with Crippen LogP contribution in [0.25, 0.3) is 0 Å². The first-order valence-electron chi connectivity index (χ1n) is 5.14. The van der Waals surface area contributed by atoms with Crippen LogP contribution < -0.4 is 0 Å². The summed E-state index contributed by atoms with van der Waals surface area (Å²) in [5.74, 6) is -1.31. The predicted molar refractivity (Wildman–Crippen MR) is 56.6 cm³/mol. The first kappa shape index (κ1) is 11.9. The molecule has 1 rings (SSSR count). The Morgan fingerprint density at radius 1 is 1.60 bits per heavy atom. The van der Waals surface area contributed by atoms with E-state index in [-0.39, 0.29) is 17.9 Å². The fourth-order valence-electron chi connectivity index (χ4n) is 2.33. The minimum atomic E-state index is -0.845. The van der Waals surface area contributed by atoms with Gasteiger partial charge in [0.05, 0.1) is 12.0 Å². The average molecular weight is 211 g/mol. The van der Waals surface area contributed by atoms with Crippen molar-refractivity contribution in [2.24, 2.45) is 5.92 Å². The molecule has 0 aromatic heterocycles. The van der Waals surface area contributed by atoms with Crippen molar-refractivity contribution in [3.8, 4) is 0 Å². The van der Waals surface area contributed by atoms with Gasteiger partial charge in [0.1, 0.15) is 5.78 Å². The van der Waals surface area contributed by atoms with Gasteiger partial charge in [0.2, 0.25) is 0 Å². The maximum absolute atomic E-state index is 11.4. The van der Waals surface area contributed by atoms with Gasteiger partial charge in [-0.15, -0.1) is 6.58 Å². The van der Waals surface area contributed by atoms with Crippen molar-refractivity contribution >= 4 is 11.8 Å². The molecule has 3 atom stereocenters. The molecule has 1 aliphatic rings. The Morgan fingerprint density at radius 2 is 2.20 bits per heavy atom. The number of hydrogen-bond donors (Lipinski definition) is 1. The van der Waals surface area contributed by atoms with Crippen molar-refractivity contribution < 1.29 is 14.7 Å². The minimum Gasteiger partial charge on any atom is -0.481 e. The lowest BCUT2D eigenvalue weighted by molar-refractivity contribution is -0.142. The zero-order valence-electron chi connectivity index (χ0n) is 9.14. The molecule has 0 saturated carbocycles. The summed E-state index contributed by atoms with van der Waals surface area (Å²) in [5, 5.41) is 9.04. The van der Waals surface area contributed by atoms with Crippen molar-refractivity contribution in [2.45, 2.75) is 32.4 Å². The van der Waals surface area contributed by atoms with Crippen LogP contribution in [0.15, 0.2) is 12.7 Å². The molecule has 1 heterocycles. The van der Waals surface area contributed by atoms with E-state index in [2.05, 4.69) is 6.58 Å². The molecule has 4 nitrogen and oxygen atoms in total. The molecule has 0 aliphatic carbocycles. The highest BCUT2D eigenvalue weighted by molar-refractivity contribution is 5.84. The fraction of sp³-hybridized carbons (Fsp3) is 0.636. The second kappa shape index (κ2) is 4.57. The van der Waals surface area contributed by atoms with Crippen LogP contribution in [0.3, 0.4) is 0 Å². The molecule has 4 heteroatoms. The smallest absolute Gasteiger partial charge is 0.308 e. The monoisotopic (exact) mass is 211 g/mol. The molecule has 0 aromatic carbocycles. The highest BCUT2D eigenvalue weighted by Crippen LogP contribution is 2.31. The largest absolute Gasteiger partial charge is 0.481 e. The van der Waals surface area contributed by atoms with E-state index in [0.717, 1.165) is 0 Å². The predicted octanol–water partition coefficient (Wildman–Crippen LogP) is 0.925. The van der Waals surface area contributed by atoms with E-state index in [0.29, 0.717) is 13.0 Å². The Labute approximate surface area is 89.6 Å². The van der Waals surface area contributed by atoms with Crippen LogP contribution >= 0.6 is 0 Å². The summed E-state index contributed by atoms with van der Waals surface area (Å²) in [6.45, 7) is 7.76. The van der Waals surface area contributed by atoms with Crippen LogP contribution in [0.1, 0.15) is 20.3 Å². The van der Waals surface area contributed by atoms with Gasteiger partial charge in [0.15, 0.2) is 0 Å². The van der Waals surface area contributed by atoms with E-state index in [1.54, 1.807) is 6.08 Å². The lowest BCUT2D eigenvalue weighted by atomic mass is 9.98. The highest BCUT2D eigenvalue weighted by atomic mass is 16.4. The summed E-state index contributed by atoms with van der Waals surface area (Å²) in [6.07, 6.45) is 2.03. The highest BCUT2D eigenvalue weighted by Gasteiger charge is 2.44. The maximum Gasteiger partial charge on any atom is 0.308 e. The molecule has 15 heavy (non-hydrogen) atoms. The zero-order valence-corrected chi connectivity index (χ0v) is 9.14. The minimum absolute atomic E-state index is 0.0347. The van der Waals surface area contributed by atoms with E-state index < -0.39 is 11.9 Å². The topological polar surface area (TPSA) is 57.6 Å². The number of rotatable bonds is 4. The Hall–Kier alpha value is -1.16. The number of carboxylic acids is 1. The standard InChI is InChI=1S/C11H17NO3/c1-4-9-8(11(14)15)6-10(7(3)13)12(9)5-2/h4,8-10H,1,5-6H2,2-3H3,(H,14,15)/t8?,9-,10+/m0/s1. The van der Waals surface area contributed by atoms with Gasteiger partial charge in [0.25, 0.3) is 0 Å². The quantitative estimate of drug-likeness (QED) is 0.703. The van der Waals surface area contributed by atoms with Crippen LogP contribution in [-0.4, -0.2) is 40.4 Å². The number of carboxylic acid groups (broad SMARTS) is 1. The number of hydrogen-bond acceptors (Lipinski definition) is 3. The summed E-state index contributed by atoms with van der Waals surface area (Å²) in [4.78, 5) is 24.3. The molecule has 1 unspecified atom stereocenters. The van der Waals surface area contributed by atoms with Gasteiger partial charge in [-0.3, -0.25) is 14.5 Å². The number of Topliss-reactive ketones (excluding diaryl/α,β-unsaturated/α-hetero) is 1. The summed E-state index contributed by atoms with van der Waals surface area (Å²) < 4.78 is 0. The Kier molecular flexibility index (Phi) is 3.63. The third kappa shape index (κ3) is 2.09. The van der Waals surface area contributed by atoms with Gasteiger partial charge >= 0.3 is 5.97 Å². The molecule has 1 saturated heterocycles. The van der Waals surface area contributed by atoms with E-state index in [1.165, 1.54) is 6.92 Å². The molecule has 0 bridgehead atoms. The second-order valence-electron chi connectivity index (χ2n) is 3.86. The Morgan fingerprint density at radius 3 is 2.53 bits per heavy atom. The number of ketones is 1. The van der Waals surface area contributed by atoms with Gasteiger partial charge in [-0.25, -0.2) is 0 Å². The van der Waals surface area contributed by atoms with E-state index >= 15 is 0 Å². The van der Waals surface area contributed by atoms with Gasteiger partial charge in [0, 0.05) is 6.04 Å². The molecular formula is C11H17NO3. The van der Waals surface area contributed by atoms with Crippen LogP contribution in [0.4, 0.5) is 0 Å². The molecule has 0 aromatic rings. The number of likely N-dealkylation sites (N-methyl/N-ethyl adjacent to an activating group) is 1. The molecule has 1 fully saturated rings. The first-order chi connectivity index (χ1) is 7.02. The van der Waals surface area contributed by atoms with Crippen molar-refractivity contribution in [3.05, 3.63) is 12.7 Å². The van der Waals surface area contributed by atoms with Gasteiger partial charge in [-0.1, -0.05) is 13.0 Å². The molecule has 0 amide bonds. The first-order valence-corrected chi connectivity index (χ1v) is 5.14. The van der Waals surface area contributed by atoms with E-state index in [9.17, 15) is 9.59 Å². The molecule has 84 valence electrons. The molecule has 1 N–H and O–H groups in total. The summed E-state index contributed by atoms with van der Waals surface area (Å²) in [5.41, 5.74) is 0. The number of nitrogens with zero attached hydrogens (tertiary/aromatic N) is 1. The van der Waals surface area contributed by atoms with Crippen molar-refractivity contribution in [3.63, 3.8) is 0 Å². The second-order valence-corrected chi connectivity index (χ2v) is 3.86. The van der Waals surface area contributed by atoms with Crippen LogP contribution in [-0.2, 0) is 9.59 Å². The van der Waals surface area contributed by atoms with Crippen molar-refractivity contribution in [2.75, 3.05) is 6.54 Å². The fourth-order valence-corrected chi connectivity index (χ4v) is 2.33. The molecular weight excluding hydrogens is 194 g/mol. The number of aliphatic carboxylic acids is 1. The van der Waals surface area contributed by atoms with E-state index in [1.807, 2.05) is 11.8 Å². The summed E-state index contributed by atoms with van der Waals surface area (Å²) in [6, 6.07) is -0.486. The maximum atomic E-state index is 11.4. The van der Waals surface area contributed by atoms with Crippen LogP contribution in [0.2, 0.25) is 0 Å². The lowest BCUT2D eigenvalue weighted by Gasteiger charge is -2.25. The molecule has 0 spiro atoms. The van der Waals surface area contributed by atoms with Gasteiger partial charge in [-0.2, -0.15) is 0 Å². The van der Waals surface area contributed by atoms with Gasteiger partial charge in [-0.05, 0) is 19.9 Å². The molecule has 1 aliphatic heterocycles. The van der Waals surface area contributed by atoms with E-state index in [4.69, 9.17) is 5.11 Å². The third-order valence-electron chi connectivity index (χ3n) is 3.07. The van der Waals surface area contributed by atoms with Gasteiger partial charge < -0.3 is 5.11 Å². The lowest BCUT2D eigenvalue weighted by Crippen LogP contribution is -2.40. The zero-order chi connectivity index (χ0) is 11.6. The summed E-state index contributed by atoms with van der Waals surface area (Å²) in [7, 11) is 0.